The third-order valence-electron chi connectivity index (χ3n) is 5.40. The minimum atomic E-state index is -0.917. The molecule has 0 aromatic carbocycles. The molecule has 35 heavy (non-hydrogen) atoms. The maximum atomic E-state index is 11.6. The van der Waals surface area contributed by atoms with Gasteiger partial charge in [-0.05, 0) is 38.5 Å². The third kappa shape index (κ3) is 32.1. The van der Waals surface area contributed by atoms with Gasteiger partial charge in [0.05, 0.1) is 0 Å². The van der Waals surface area contributed by atoms with Crippen LogP contribution in [0.1, 0.15) is 138 Å². The lowest BCUT2D eigenvalue weighted by Crippen LogP contribution is -2.12. The van der Waals surface area contributed by atoms with E-state index in [9.17, 15) is 19.7 Å². The Morgan fingerprint density at radius 2 is 1.54 bits per heavy atom. The fourth-order valence-electron chi connectivity index (χ4n) is 3.59. The van der Waals surface area contributed by atoms with Crippen molar-refractivity contribution in [3.05, 3.63) is 22.3 Å². The van der Waals surface area contributed by atoms with Crippen molar-refractivity contribution >= 4 is 11.8 Å². The molecule has 0 saturated heterocycles. The molecule has 0 bridgehead atoms. The molecule has 7 nitrogen and oxygen atoms in total. The van der Waals surface area contributed by atoms with Gasteiger partial charge in [0.15, 0.2) is 0 Å². The molecule has 7 heteroatoms. The number of Topliss-reactive ketones (excluding diaryl/α,β-unsaturated/α-hetero) is 1. The summed E-state index contributed by atoms with van der Waals surface area (Å²) in [6.45, 7) is 11.8. The summed E-state index contributed by atoms with van der Waals surface area (Å²) in [6, 6.07) is 0. The first kappa shape index (κ1) is 37.6. The lowest BCUT2D eigenvalue weighted by molar-refractivity contribution is -0.757. The zero-order valence-corrected chi connectivity index (χ0v) is 23.6. The highest BCUT2D eigenvalue weighted by atomic mass is 17.0. The summed E-state index contributed by atoms with van der Waals surface area (Å²) in [5.74, 6) is 1.04. The van der Waals surface area contributed by atoms with Crippen molar-refractivity contribution in [2.45, 2.75) is 138 Å². The predicted molar refractivity (Wildman–Crippen MR) is 145 cm³/mol. The molecule has 0 aromatic heterocycles. The standard InChI is InChI=1S/C15H28O.C9H15NO5.2C2H6/c1-2-3-4-5-6-11-15(16)13-12-14-9-7-8-10-14;1-2-3-4-5-6-9(11)14-7-8-15-10(12)13;2*1-2/h14H,2-13H2,1H3;2-3H,4-8H2,1H3;2*1-2H3/b;3-2-;;. The summed E-state index contributed by atoms with van der Waals surface area (Å²) in [5.41, 5.74) is 0. The van der Waals surface area contributed by atoms with E-state index in [2.05, 4.69) is 16.5 Å². The third-order valence-corrected chi connectivity index (χ3v) is 5.40. The van der Waals surface area contributed by atoms with Crippen molar-refractivity contribution in [2.75, 3.05) is 13.2 Å². The molecular formula is C28H55NO6. The molecule has 0 spiro atoms. The number of ether oxygens (including phenoxy) is 1. The van der Waals surface area contributed by atoms with Crippen LogP contribution >= 0.6 is 0 Å². The van der Waals surface area contributed by atoms with E-state index in [1.807, 2.05) is 46.8 Å². The molecule has 0 radical (unpaired) electrons. The lowest BCUT2D eigenvalue weighted by atomic mass is 9.98. The van der Waals surface area contributed by atoms with E-state index in [1.54, 1.807) is 0 Å². The molecule has 0 amide bonds. The Labute approximate surface area is 215 Å². The number of hydrogen-bond acceptors (Lipinski definition) is 6. The molecule has 208 valence electrons. The van der Waals surface area contributed by atoms with E-state index < -0.39 is 5.09 Å². The molecule has 0 atom stereocenters. The summed E-state index contributed by atoms with van der Waals surface area (Å²) in [4.78, 5) is 36.3. The number of esters is 1. The maximum absolute atomic E-state index is 11.6. The minimum absolute atomic E-state index is 0.0799. The Balaban J connectivity index is -0.000000513. The van der Waals surface area contributed by atoms with Gasteiger partial charge in [0, 0.05) is 19.3 Å². The van der Waals surface area contributed by atoms with Gasteiger partial charge in [-0.2, -0.15) is 0 Å². The molecule has 1 aliphatic carbocycles. The first-order valence-electron chi connectivity index (χ1n) is 14.0. The highest BCUT2D eigenvalue weighted by Crippen LogP contribution is 2.28. The molecule has 1 aliphatic rings. The monoisotopic (exact) mass is 501 g/mol. The Hall–Kier alpha value is -1.92. The predicted octanol–water partition coefficient (Wildman–Crippen LogP) is 8.42. The molecule has 1 rings (SSSR count). The van der Waals surface area contributed by atoms with Crippen LogP contribution in [-0.2, 0) is 19.2 Å². The number of carbonyl (C=O) groups is 2. The average molecular weight is 502 g/mol. The average Bonchev–Trinajstić information content (AvgIpc) is 3.40. The first-order valence-corrected chi connectivity index (χ1v) is 14.0. The topological polar surface area (TPSA) is 95.7 Å². The molecule has 0 unspecified atom stereocenters. The van der Waals surface area contributed by atoms with E-state index in [4.69, 9.17) is 0 Å². The van der Waals surface area contributed by atoms with Crippen molar-refractivity contribution < 1.29 is 24.3 Å². The van der Waals surface area contributed by atoms with Crippen LogP contribution in [0.4, 0.5) is 0 Å². The first-order chi connectivity index (χ1) is 17.0. The number of rotatable bonds is 17. The summed E-state index contributed by atoms with van der Waals surface area (Å²) in [7, 11) is 0. The number of hydrogen-bond donors (Lipinski definition) is 0. The summed E-state index contributed by atoms with van der Waals surface area (Å²) < 4.78 is 4.68. The second kappa shape index (κ2) is 32.1. The van der Waals surface area contributed by atoms with Gasteiger partial charge in [-0.25, -0.2) is 0 Å². The fraction of sp³-hybridized carbons (Fsp3) is 0.857. The number of nitrogens with zero attached hydrogens (tertiary/aromatic N) is 1. The minimum Gasteiger partial charge on any atom is -0.464 e. The molecular weight excluding hydrogens is 446 g/mol. The summed E-state index contributed by atoms with van der Waals surface area (Å²) in [5, 5.41) is 8.81. The molecule has 0 aliphatic heterocycles. The van der Waals surface area contributed by atoms with Crippen LogP contribution in [0.2, 0.25) is 0 Å². The molecule has 0 N–H and O–H groups in total. The van der Waals surface area contributed by atoms with Crippen LogP contribution in [0.5, 0.6) is 0 Å². The van der Waals surface area contributed by atoms with Crippen molar-refractivity contribution in [2.24, 2.45) is 5.92 Å². The van der Waals surface area contributed by atoms with Gasteiger partial charge in [0.25, 0.3) is 5.09 Å². The Kier molecular flexibility index (Phi) is 34.5. The lowest BCUT2D eigenvalue weighted by Gasteiger charge is -2.07. The second-order valence-electron chi connectivity index (χ2n) is 8.13. The molecule has 1 fully saturated rings. The van der Waals surface area contributed by atoms with Gasteiger partial charge in [0.2, 0.25) is 0 Å². The molecule has 1 saturated carbocycles. The Bertz CT molecular complexity index is 502. The van der Waals surface area contributed by atoms with Crippen molar-refractivity contribution in [3.63, 3.8) is 0 Å². The van der Waals surface area contributed by atoms with Crippen molar-refractivity contribution in [1.29, 1.82) is 0 Å². The Morgan fingerprint density at radius 3 is 2.11 bits per heavy atom. The normalized spacial score (nSPS) is 12.4. The summed E-state index contributed by atoms with van der Waals surface area (Å²) >= 11 is 0. The largest absolute Gasteiger partial charge is 0.464 e. The van der Waals surface area contributed by atoms with Crippen LogP contribution in [0, 0.1) is 16.0 Å². The fourth-order valence-corrected chi connectivity index (χ4v) is 3.59. The van der Waals surface area contributed by atoms with E-state index in [0.717, 1.165) is 38.0 Å². The summed E-state index contributed by atoms with van der Waals surface area (Å²) in [6.07, 6.45) is 20.5. The Morgan fingerprint density at radius 1 is 0.914 bits per heavy atom. The SMILES string of the molecule is C/C=C\CCCC(=O)OCCO[N+](=O)[O-].CC.CC.CCCCCCCC(=O)CCC1CCCC1. The zero-order valence-electron chi connectivity index (χ0n) is 23.6. The highest BCUT2D eigenvalue weighted by Gasteiger charge is 2.15. The highest BCUT2D eigenvalue weighted by molar-refractivity contribution is 5.78. The van der Waals surface area contributed by atoms with Gasteiger partial charge in [0.1, 0.15) is 19.0 Å². The number of carbonyl (C=O) groups excluding carboxylic acids is 2. The molecule has 0 aromatic rings. The quantitative estimate of drug-likeness (QED) is 0.0652. The van der Waals surface area contributed by atoms with Crippen LogP contribution in [-0.4, -0.2) is 30.1 Å². The zero-order chi connectivity index (χ0) is 27.2. The van der Waals surface area contributed by atoms with Gasteiger partial charge in [-0.15, -0.1) is 10.1 Å². The van der Waals surface area contributed by atoms with E-state index >= 15 is 0 Å². The molecule has 0 heterocycles. The van der Waals surface area contributed by atoms with Gasteiger partial charge >= 0.3 is 5.97 Å². The van der Waals surface area contributed by atoms with Crippen LogP contribution < -0.4 is 0 Å². The number of unbranched alkanes of at least 4 members (excludes halogenated alkanes) is 5. The number of allylic oxidation sites excluding steroid dienone is 2. The maximum Gasteiger partial charge on any atom is 0.305 e. The van der Waals surface area contributed by atoms with E-state index in [1.165, 1.54) is 57.8 Å². The smallest absolute Gasteiger partial charge is 0.305 e. The second-order valence-corrected chi connectivity index (χ2v) is 8.13. The van der Waals surface area contributed by atoms with Gasteiger partial charge in [-0.1, -0.05) is 98.1 Å². The van der Waals surface area contributed by atoms with Crippen LogP contribution in [0.15, 0.2) is 12.2 Å². The van der Waals surface area contributed by atoms with Crippen molar-refractivity contribution in [3.8, 4) is 0 Å². The van der Waals surface area contributed by atoms with Crippen molar-refractivity contribution in [1.82, 2.24) is 0 Å². The van der Waals surface area contributed by atoms with Gasteiger partial charge < -0.3 is 9.57 Å². The van der Waals surface area contributed by atoms with Gasteiger partial charge in [-0.3, -0.25) is 9.59 Å². The van der Waals surface area contributed by atoms with Crippen LogP contribution in [0.25, 0.3) is 0 Å². The van der Waals surface area contributed by atoms with E-state index in [0.29, 0.717) is 12.2 Å². The number of ketones is 1. The van der Waals surface area contributed by atoms with E-state index in [-0.39, 0.29) is 19.2 Å². The van der Waals surface area contributed by atoms with Crippen LogP contribution in [0.3, 0.4) is 0 Å².